The fraction of sp³-hybridized carbons (Fsp3) is 0.176. The van der Waals surface area contributed by atoms with Crippen molar-refractivity contribution in [3.05, 3.63) is 57.6 Å². The second kappa shape index (κ2) is 8.57. The molecule has 5 nitrogen and oxygen atoms in total. The van der Waals surface area contributed by atoms with E-state index in [4.69, 9.17) is 27.9 Å². The Morgan fingerprint density at radius 3 is 2.46 bits per heavy atom. The van der Waals surface area contributed by atoms with Crippen molar-refractivity contribution in [1.29, 1.82) is 0 Å². The van der Waals surface area contributed by atoms with E-state index < -0.39 is 0 Å². The molecule has 0 fully saturated rings. The quantitative estimate of drug-likeness (QED) is 0.603. The molecule has 126 valence electrons. The first-order valence-electron chi connectivity index (χ1n) is 7.21. The van der Waals surface area contributed by atoms with E-state index in [1.165, 1.54) is 18.3 Å². The Morgan fingerprint density at radius 2 is 1.88 bits per heavy atom. The van der Waals surface area contributed by atoms with E-state index in [1.807, 2.05) is 6.92 Å². The molecule has 0 aliphatic rings. The van der Waals surface area contributed by atoms with Gasteiger partial charge >= 0.3 is 0 Å². The Morgan fingerprint density at radius 1 is 1.25 bits per heavy atom. The van der Waals surface area contributed by atoms with Crippen molar-refractivity contribution in [1.82, 2.24) is 5.43 Å². The summed E-state index contributed by atoms with van der Waals surface area (Å²) in [6.45, 7) is 2.30. The largest absolute Gasteiger partial charge is 0.508 e. The summed E-state index contributed by atoms with van der Waals surface area (Å²) >= 11 is 12.2. The molecule has 0 spiro atoms. The van der Waals surface area contributed by atoms with Gasteiger partial charge in [-0.1, -0.05) is 35.3 Å². The summed E-state index contributed by atoms with van der Waals surface area (Å²) in [5.74, 6) is 0.302. The summed E-state index contributed by atoms with van der Waals surface area (Å²) in [5, 5.41) is 13.8. The number of ether oxygens (including phenoxy) is 1. The van der Waals surface area contributed by atoms with Crippen molar-refractivity contribution in [2.24, 2.45) is 5.10 Å². The summed E-state index contributed by atoms with van der Waals surface area (Å²) in [7, 11) is 0. The van der Waals surface area contributed by atoms with E-state index in [2.05, 4.69) is 10.5 Å². The number of hydrogen-bond donors (Lipinski definition) is 2. The summed E-state index contributed by atoms with van der Waals surface area (Å²) < 4.78 is 5.34. The van der Waals surface area contributed by atoms with E-state index in [0.29, 0.717) is 28.0 Å². The van der Waals surface area contributed by atoms with E-state index in [9.17, 15) is 9.90 Å². The molecule has 0 radical (unpaired) electrons. The molecule has 2 aromatic rings. The smallest absolute Gasteiger partial charge is 0.244 e. The number of aromatic hydroxyl groups is 1. The van der Waals surface area contributed by atoms with Crippen LogP contribution in [0.2, 0.25) is 10.0 Å². The Hall–Kier alpha value is -2.24. The normalized spacial score (nSPS) is 10.8. The summed E-state index contributed by atoms with van der Waals surface area (Å²) in [6.07, 6.45) is 1.60. The number of benzene rings is 2. The van der Waals surface area contributed by atoms with Gasteiger partial charge in [-0.15, -0.1) is 0 Å². The van der Waals surface area contributed by atoms with Gasteiger partial charge in [-0.3, -0.25) is 4.79 Å². The molecule has 2 rings (SSSR count). The van der Waals surface area contributed by atoms with Crippen LogP contribution in [0.25, 0.3) is 0 Å². The highest BCUT2D eigenvalue weighted by Crippen LogP contribution is 2.33. The topological polar surface area (TPSA) is 70.9 Å². The number of phenolic OH excluding ortho intramolecular Hbond substituents is 1. The number of phenols is 1. The number of rotatable bonds is 6. The molecule has 0 saturated heterocycles. The average Bonchev–Trinajstić information content (AvgIpc) is 2.53. The van der Waals surface area contributed by atoms with Crippen molar-refractivity contribution < 1.29 is 14.6 Å². The molecule has 7 heteroatoms. The van der Waals surface area contributed by atoms with Gasteiger partial charge in [-0.05, 0) is 42.3 Å². The number of nitrogens with one attached hydrogen (secondary N) is 1. The zero-order valence-electron chi connectivity index (χ0n) is 12.9. The summed E-state index contributed by atoms with van der Waals surface area (Å²) in [6, 6.07) is 9.68. The molecule has 0 aliphatic carbocycles. The molecule has 0 unspecified atom stereocenters. The van der Waals surface area contributed by atoms with Gasteiger partial charge in [0.05, 0.1) is 29.3 Å². The molecule has 0 saturated carbocycles. The predicted octanol–water partition coefficient (Wildman–Crippen LogP) is 3.79. The average molecular weight is 367 g/mol. The third kappa shape index (κ3) is 5.15. The van der Waals surface area contributed by atoms with Crippen molar-refractivity contribution in [2.45, 2.75) is 13.3 Å². The maximum atomic E-state index is 11.8. The molecule has 0 aromatic heterocycles. The SMILES string of the molecule is CCOc1c(Cl)cc(/C=N\NC(=O)Cc2ccc(O)cc2)cc1Cl. The van der Waals surface area contributed by atoms with Gasteiger partial charge in [0, 0.05) is 0 Å². The predicted molar refractivity (Wildman–Crippen MR) is 95.2 cm³/mol. The lowest BCUT2D eigenvalue weighted by atomic mass is 10.1. The summed E-state index contributed by atoms with van der Waals surface area (Å²) in [5.41, 5.74) is 3.83. The maximum Gasteiger partial charge on any atom is 0.244 e. The van der Waals surface area contributed by atoms with Gasteiger partial charge in [-0.2, -0.15) is 5.10 Å². The number of nitrogens with zero attached hydrogens (tertiary/aromatic N) is 1. The Labute approximate surface area is 149 Å². The molecule has 0 aliphatic heterocycles. The molecular formula is C17H16Cl2N2O3. The third-order valence-corrected chi connectivity index (χ3v) is 3.57. The number of carbonyl (C=O) groups is 1. The van der Waals surface area contributed by atoms with Crippen LogP contribution in [-0.4, -0.2) is 23.8 Å². The minimum absolute atomic E-state index is 0.154. The molecule has 24 heavy (non-hydrogen) atoms. The molecule has 0 atom stereocenters. The van der Waals surface area contributed by atoms with Gasteiger partial charge in [0.2, 0.25) is 5.91 Å². The highest BCUT2D eigenvalue weighted by atomic mass is 35.5. The van der Waals surface area contributed by atoms with Crippen LogP contribution in [0.4, 0.5) is 0 Å². The minimum Gasteiger partial charge on any atom is -0.508 e. The Kier molecular flexibility index (Phi) is 6.46. The lowest BCUT2D eigenvalue weighted by Crippen LogP contribution is -2.19. The minimum atomic E-state index is -0.278. The number of halogens is 2. The van der Waals surface area contributed by atoms with Crippen LogP contribution in [0.5, 0.6) is 11.5 Å². The molecule has 0 heterocycles. The standard InChI is InChI=1S/C17H16Cl2N2O3/c1-2-24-17-14(18)7-12(8-15(17)19)10-20-21-16(23)9-11-3-5-13(22)6-4-11/h3-8,10,22H,2,9H2,1H3,(H,21,23)/b20-10-. The first kappa shape index (κ1) is 18.1. The van der Waals surface area contributed by atoms with E-state index in [1.54, 1.807) is 24.3 Å². The Bertz CT molecular complexity index is 723. The highest BCUT2D eigenvalue weighted by Gasteiger charge is 2.08. The first-order valence-corrected chi connectivity index (χ1v) is 7.97. The van der Waals surface area contributed by atoms with Crippen LogP contribution >= 0.6 is 23.2 Å². The van der Waals surface area contributed by atoms with Crippen LogP contribution in [0.3, 0.4) is 0 Å². The van der Waals surface area contributed by atoms with Crippen molar-refractivity contribution in [2.75, 3.05) is 6.61 Å². The van der Waals surface area contributed by atoms with Gasteiger partial charge in [0.15, 0.2) is 5.75 Å². The summed E-state index contributed by atoms with van der Waals surface area (Å²) in [4.78, 5) is 11.8. The molecule has 1 amide bonds. The second-order valence-corrected chi connectivity index (χ2v) is 5.70. The molecule has 2 aromatic carbocycles. The van der Waals surface area contributed by atoms with Crippen LogP contribution in [-0.2, 0) is 11.2 Å². The maximum absolute atomic E-state index is 11.8. The highest BCUT2D eigenvalue weighted by molar-refractivity contribution is 6.37. The zero-order valence-corrected chi connectivity index (χ0v) is 14.4. The number of hydrazone groups is 1. The fourth-order valence-electron chi connectivity index (χ4n) is 1.95. The first-order chi connectivity index (χ1) is 11.5. The van der Waals surface area contributed by atoms with Crippen LogP contribution in [0.1, 0.15) is 18.1 Å². The molecule has 0 bridgehead atoms. The van der Waals surface area contributed by atoms with Gasteiger partial charge in [0.25, 0.3) is 0 Å². The van der Waals surface area contributed by atoms with Gasteiger partial charge < -0.3 is 9.84 Å². The van der Waals surface area contributed by atoms with Crippen molar-refractivity contribution in [3.8, 4) is 11.5 Å². The lowest BCUT2D eigenvalue weighted by molar-refractivity contribution is -0.120. The van der Waals surface area contributed by atoms with Crippen molar-refractivity contribution >= 4 is 35.3 Å². The van der Waals surface area contributed by atoms with Crippen LogP contribution in [0.15, 0.2) is 41.5 Å². The molecule has 2 N–H and O–H groups in total. The Balaban J connectivity index is 1.96. The van der Waals surface area contributed by atoms with Gasteiger partial charge in [0.1, 0.15) is 5.75 Å². The van der Waals surface area contributed by atoms with E-state index in [0.717, 1.165) is 5.56 Å². The van der Waals surface area contributed by atoms with E-state index in [-0.39, 0.29) is 18.1 Å². The number of amides is 1. The molecular weight excluding hydrogens is 351 g/mol. The van der Waals surface area contributed by atoms with Crippen molar-refractivity contribution in [3.63, 3.8) is 0 Å². The monoisotopic (exact) mass is 366 g/mol. The van der Waals surface area contributed by atoms with Crippen LogP contribution in [0, 0.1) is 0 Å². The third-order valence-electron chi connectivity index (χ3n) is 3.01. The van der Waals surface area contributed by atoms with Crippen LogP contribution < -0.4 is 10.2 Å². The van der Waals surface area contributed by atoms with Gasteiger partial charge in [-0.25, -0.2) is 5.43 Å². The lowest BCUT2D eigenvalue weighted by Gasteiger charge is -2.08. The van der Waals surface area contributed by atoms with E-state index >= 15 is 0 Å². The second-order valence-electron chi connectivity index (χ2n) is 4.88. The zero-order chi connectivity index (χ0) is 17.5. The fourth-order valence-corrected chi connectivity index (χ4v) is 2.57. The number of carbonyl (C=O) groups excluding carboxylic acids is 1. The number of hydrogen-bond acceptors (Lipinski definition) is 4.